The van der Waals surface area contributed by atoms with E-state index in [2.05, 4.69) is 69.2 Å². The minimum absolute atomic E-state index is 0.0159. The molecule has 4 nitrogen and oxygen atoms in total. The van der Waals surface area contributed by atoms with Gasteiger partial charge < -0.3 is 0 Å². The summed E-state index contributed by atoms with van der Waals surface area (Å²) in [5.74, 6) is 0.967. The van der Waals surface area contributed by atoms with Crippen molar-refractivity contribution in [1.82, 2.24) is 19.9 Å². The molecule has 0 bridgehead atoms. The average molecular weight is 481 g/mol. The van der Waals surface area contributed by atoms with Crippen molar-refractivity contribution in [3.05, 3.63) is 34.3 Å². The first kappa shape index (κ1) is 29.4. The number of rotatable bonds is 14. The standard InChI is InChI=1S/C31H52N4/c1-11-16-17-18-21-23-26(22(6)32-29(35-23)31(9,10)15-5)27-24(19-12-2)34-28(30(7,8)14-4)25(33-27)20-13-3/h11-21H2,1-10H3. The van der Waals surface area contributed by atoms with Gasteiger partial charge in [-0.25, -0.2) is 15.0 Å². The Morgan fingerprint density at radius 1 is 0.571 bits per heavy atom. The zero-order valence-electron chi connectivity index (χ0n) is 24.6. The molecular weight excluding hydrogens is 428 g/mol. The Balaban J connectivity index is 2.81. The summed E-state index contributed by atoms with van der Waals surface area (Å²) in [4.78, 5) is 21.1. The number of aryl methyl sites for hydroxylation is 4. The lowest BCUT2D eigenvalue weighted by Crippen LogP contribution is -2.24. The van der Waals surface area contributed by atoms with E-state index in [0.717, 1.165) is 85.5 Å². The third-order valence-electron chi connectivity index (χ3n) is 7.70. The van der Waals surface area contributed by atoms with Crippen LogP contribution in [0.4, 0.5) is 0 Å². The molecule has 0 atom stereocenters. The fraction of sp³-hybridized carbons (Fsp3) is 0.742. The van der Waals surface area contributed by atoms with Gasteiger partial charge in [-0.15, -0.1) is 0 Å². The molecule has 0 amide bonds. The maximum atomic E-state index is 5.40. The molecule has 0 aliphatic rings. The number of nitrogens with zero attached hydrogens (tertiary/aromatic N) is 4. The van der Waals surface area contributed by atoms with E-state index in [1.54, 1.807) is 0 Å². The van der Waals surface area contributed by atoms with Crippen LogP contribution in [0.15, 0.2) is 0 Å². The Morgan fingerprint density at radius 3 is 1.77 bits per heavy atom. The normalized spacial score (nSPS) is 12.4. The SMILES string of the molecule is CCCCCCc1nc(C(C)(C)CC)nc(C)c1-c1nc(CCC)c(C(C)(C)CC)nc1CCC. The van der Waals surface area contributed by atoms with Crippen LogP contribution in [0.25, 0.3) is 11.3 Å². The highest BCUT2D eigenvalue weighted by Crippen LogP contribution is 2.35. The molecule has 0 aliphatic carbocycles. The molecule has 0 fully saturated rings. The van der Waals surface area contributed by atoms with Crippen LogP contribution in [-0.4, -0.2) is 19.9 Å². The van der Waals surface area contributed by atoms with E-state index in [1.165, 1.54) is 30.7 Å². The summed E-state index contributed by atoms with van der Waals surface area (Å²) in [6.07, 6.45) is 12.0. The van der Waals surface area contributed by atoms with Crippen molar-refractivity contribution >= 4 is 0 Å². The monoisotopic (exact) mass is 480 g/mol. The van der Waals surface area contributed by atoms with Crippen molar-refractivity contribution in [2.24, 2.45) is 0 Å². The largest absolute Gasteiger partial charge is 0.253 e. The van der Waals surface area contributed by atoms with E-state index in [0.29, 0.717) is 0 Å². The number of hydrogen-bond donors (Lipinski definition) is 0. The molecule has 0 N–H and O–H groups in total. The van der Waals surface area contributed by atoms with Crippen LogP contribution < -0.4 is 0 Å². The topological polar surface area (TPSA) is 51.6 Å². The van der Waals surface area contributed by atoms with E-state index in [-0.39, 0.29) is 10.8 Å². The van der Waals surface area contributed by atoms with E-state index in [4.69, 9.17) is 19.9 Å². The molecule has 0 saturated heterocycles. The van der Waals surface area contributed by atoms with Gasteiger partial charge in [0.2, 0.25) is 0 Å². The number of aromatic nitrogens is 4. The predicted octanol–water partition coefficient (Wildman–Crippen LogP) is 8.65. The van der Waals surface area contributed by atoms with Crippen molar-refractivity contribution in [2.45, 2.75) is 151 Å². The lowest BCUT2D eigenvalue weighted by atomic mass is 9.83. The smallest absolute Gasteiger partial charge is 0.134 e. The van der Waals surface area contributed by atoms with Crippen LogP contribution in [-0.2, 0) is 30.1 Å². The summed E-state index contributed by atoms with van der Waals surface area (Å²) in [6, 6.07) is 0. The zero-order chi connectivity index (χ0) is 26.2. The fourth-order valence-electron chi connectivity index (χ4n) is 4.54. The van der Waals surface area contributed by atoms with E-state index >= 15 is 0 Å². The van der Waals surface area contributed by atoms with E-state index in [9.17, 15) is 0 Å². The molecular formula is C31H52N4. The Bertz CT molecular complexity index is 959. The highest BCUT2D eigenvalue weighted by atomic mass is 14.9. The number of unbranched alkanes of at least 4 members (excludes halogenated alkanes) is 3. The molecule has 0 aromatic carbocycles. The summed E-state index contributed by atoms with van der Waals surface area (Å²) in [5, 5.41) is 0. The Morgan fingerprint density at radius 2 is 1.20 bits per heavy atom. The van der Waals surface area contributed by atoms with E-state index in [1.807, 2.05) is 0 Å². The highest BCUT2D eigenvalue weighted by Gasteiger charge is 2.29. The van der Waals surface area contributed by atoms with Crippen molar-refractivity contribution in [3.8, 4) is 11.3 Å². The van der Waals surface area contributed by atoms with Crippen LogP contribution in [0, 0.1) is 6.92 Å². The molecule has 0 spiro atoms. The molecule has 2 heterocycles. The third kappa shape index (κ3) is 7.11. The Kier molecular flexibility index (Phi) is 10.9. The lowest BCUT2D eigenvalue weighted by molar-refractivity contribution is 0.468. The molecule has 4 heteroatoms. The Labute approximate surface area is 216 Å². The van der Waals surface area contributed by atoms with Crippen LogP contribution in [0.2, 0.25) is 0 Å². The first-order chi connectivity index (χ1) is 16.6. The maximum Gasteiger partial charge on any atom is 0.134 e. The highest BCUT2D eigenvalue weighted by molar-refractivity contribution is 5.67. The Hall–Kier alpha value is -1.84. The molecule has 35 heavy (non-hydrogen) atoms. The third-order valence-corrected chi connectivity index (χ3v) is 7.70. The van der Waals surface area contributed by atoms with Gasteiger partial charge >= 0.3 is 0 Å². The van der Waals surface area contributed by atoms with Crippen molar-refractivity contribution in [2.75, 3.05) is 0 Å². The van der Waals surface area contributed by atoms with Gasteiger partial charge in [-0.3, -0.25) is 4.98 Å². The van der Waals surface area contributed by atoms with Gasteiger partial charge in [0, 0.05) is 16.4 Å². The zero-order valence-corrected chi connectivity index (χ0v) is 24.6. The van der Waals surface area contributed by atoms with Gasteiger partial charge in [-0.05, 0) is 45.4 Å². The van der Waals surface area contributed by atoms with E-state index < -0.39 is 0 Å². The predicted molar refractivity (Wildman–Crippen MR) is 150 cm³/mol. The quantitative estimate of drug-likeness (QED) is 0.254. The average Bonchev–Trinajstić information content (AvgIpc) is 2.82. The van der Waals surface area contributed by atoms with Gasteiger partial charge in [0.25, 0.3) is 0 Å². The summed E-state index contributed by atoms with van der Waals surface area (Å²) in [5.41, 5.74) is 7.84. The second-order valence-corrected chi connectivity index (χ2v) is 11.6. The second-order valence-electron chi connectivity index (χ2n) is 11.6. The molecule has 2 aromatic heterocycles. The van der Waals surface area contributed by atoms with Gasteiger partial charge in [0.05, 0.1) is 34.2 Å². The molecule has 196 valence electrons. The van der Waals surface area contributed by atoms with Crippen LogP contribution in [0.3, 0.4) is 0 Å². The van der Waals surface area contributed by atoms with Crippen LogP contribution in [0.1, 0.15) is 148 Å². The molecule has 0 aliphatic heterocycles. The minimum atomic E-state index is -0.0399. The summed E-state index contributed by atoms with van der Waals surface area (Å²) in [6.45, 7) is 22.5. The summed E-state index contributed by atoms with van der Waals surface area (Å²) >= 11 is 0. The maximum absolute atomic E-state index is 5.40. The molecule has 2 rings (SSSR count). The van der Waals surface area contributed by atoms with Crippen molar-refractivity contribution < 1.29 is 0 Å². The van der Waals surface area contributed by atoms with Crippen LogP contribution in [0.5, 0.6) is 0 Å². The summed E-state index contributed by atoms with van der Waals surface area (Å²) in [7, 11) is 0. The van der Waals surface area contributed by atoms with Crippen molar-refractivity contribution in [1.29, 1.82) is 0 Å². The minimum Gasteiger partial charge on any atom is -0.253 e. The first-order valence-electron chi connectivity index (χ1n) is 14.3. The fourth-order valence-corrected chi connectivity index (χ4v) is 4.54. The summed E-state index contributed by atoms with van der Waals surface area (Å²) < 4.78 is 0. The van der Waals surface area contributed by atoms with Crippen molar-refractivity contribution in [3.63, 3.8) is 0 Å². The van der Waals surface area contributed by atoms with Gasteiger partial charge in [0.1, 0.15) is 5.82 Å². The molecule has 0 unspecified atom stereocenters. The lowest BCUT2D eigenvalue weighted by Gasteiger charge is -2.27. The first-order valence-corrected chi connectivity index (χ1v) is 14.3. The van der Waals surface area contributed by atoms with Crippen LogP contribution >= 0.6 is 0 Å². The van der Waals surface area contributed by atoms with Gasteiger partial charge in [-0.2, -0.15) is 0 Å². The molecule has 0 radical (unpaired) electrons. The molecule has 2 aromatic rings. The molecule has 0 saturated carbocycles. The number of hydrogen-bond acceptors (Lipinski definition) is 4. The second kappa shape index (κ2) is 12.9. The van der Waals surface area contributed by atoms with Gasteiger partial charge in [-0.1, -0.05) is 94.4 Å². The van der Waals surface area contributed by atoms with Gasteiger partial charge in [0.15, 0.2) is 0 Å².